The van der Waals surface area contributed by atoms with Crippen LogP contribution in [0.3, 0.4) is 0 Å². The molecule has 0 saturated heterocycles. The van der Waals surface area contributed by atoms with Crippen LogP contribution in [0, 0.1) is 72.1 Å². The van der Waals surface area contributed by atoms with Gasteiger partial charge in [-0.25, -0.2) is 0 Å². The molecule has 0 amide bonds. The van der Waals surface area contributed by atoms with Crippen LogP contribution >= 0.6 is 0 Å². The fourth-order valence-corrected chi connectivity index (χ4v) is 4.37. The van der Waals surface area contributed by atoms with Gasteiger partial charge < -0.3 is 9.80 Å². The number of rotatable bonds is 14. The lowest BCUT2D eigenvalue weighted by Crippen LogP contribution is -2.25. The van der Waals surface area contributed by atoms with E-state index in [-0.39, 0.29) is 0 Å². The van der Waals surface area contributed by atoms with E-state index < -0.39 is 0 Å². The van der Waals surface area contributed by atoms with Crippen LogP contribution in [0.2, 0.25) is 0 Å². The smallest absolute Gasteiger partial charge is 0.0420 e. The Hall–Kier alpha value is -4.60. The standard InChI is InChI=1S/C40H44N2/c1-7-13-29-41(30-14-8-2)39-27-25-37(35(11-5)33-39)23-21-19-17-18-20-22-24-38-26-28-40(34-36(38)12-6)42(31-15-9-3)32-16-10-4/h5-6,25-28,33-34H,7-10,13-16,29-32H2,1-4H3. The van der Waals surface area contributed by atoms with Gasteiger partial charge in [-0.15, -0.1) is 12.8 Å². The molecule has 2 aromatic rings. The Morgan fingerprint density at radius 2 is 0.810 bits per heavy atom. The summed E-state index contributed by atoms with van der Waals surface area (Å²) < 4.78 is 0. The van der Waals surface area contributed by atoms with E-state index in [2.05, 4.69) is 121 Å². The van der Waals surface area contributed by atoms with Crippen LogP contribution in [0.25, 0.3) is 0 Å². The van der Waals surface area contributed by atoms with Crippen LogP contribution < -0.4 is 9.80 Å². The van der Waals surface area contributed by atoms with Gasteiger partial charge in [0.2, 0.25) is 0 Å². The average molecular weight is 553 g/mol. The van der Waals surface area contributed by atoms with Crippen molar-refractivity contribution in [3.63, 3.8) is 0 Å². The Morgan fingerprint density at radius 1 is 0.476 bits per heavy atom. The summed E-state index contributed by atoms with van der Waals surface area (Å²) in [4.78, 5) is 4.83. The van der Waals surface area contributed by atoms with Crippen LogP contribution in [0.1, 0.15) is 101 Å². The summed E-state index contributed by atoms with van der Waals surface area (Å²) in [5.41, 5.74) is 5.46. The molecule has 0 spiro atoms. The summed E-state index contributed by atoms with van der Waals surface area (Å²) >= 11 is 0. The van der Waals surface area contributed by atoms with Crippen LogP contribution in [-0.4, -0.2) is 26.2 Å². The summed E-state index contributed by atoms with van der Waals surface area (Å²) in [6.45, 7) is 13.0. The molecule has 0 aliphatic carbocycles. The van der Waals surface area contributed by atoms with E-state index in [0.717, 1.165) is 111 Å². The number of hydrogen-bond donors (Lipinski definition) is 0. The first-order valence-corrected chi connectivity index (χ1v) is 15.3. The predicted octanol–water partition coefficient (Wildman–Crippen LogP) is 7.87. The van der Waals surface area contributed by atoms with Crippen LogP contribution in [0.5, 0.6) is 0 Å². The largest absolute Gasteiger partial charge is 0.372 e. The Bertz CT molecular complexity index is 1350. The van der Waals surface area contributed by atoms with Crippen molar-refractivity contribution in [2.45, 2.75) is 79.1 Å². The third-order valence-electron chi connectivity index (χ3n) is 6.88. The molecule has 0 unspecified atom stereocenters. The minimum absolute atomic E-state index is 0.783. The van der Waals surface area contributed by atoms with E-state index >= 15 is 0 Å². The van der Waals surface area contributed by atoms with E-state index in [1.165, 1.54) is 0 Å². The number of unbranched alkanes of at least 4 members (excludes halogenated alkanes) is 4. The molecule has 0 aliphatic heterocycles. The maximum Gasteiger partial charge on any atom is 0.0420 e. The van der Waals surface area contributed by atoms with Gasteiger partial charge in [-0.1, -0.05) is 77.1 Å². The Morgan fingerprint density at radius 3 is 1.12 bits per heavy atom. The zero-order valence-corrected chi connectivity index (χ0v) is 26.0. The molecule has 0 heterocycles. The van der Waals surface area contributed by atoms with E-state index in [4.69, 9.17) is 12.8 Å². The van der Waals surface area contributed by atoms with Crippen molar-refractivity contribution in [3.05, 3.63) is 58.7 Å². The first-order valence-electron chi connectivity index (χ1n) is 15.3. The Balaban J connectivity index is 2.12. The molecule has 0 aromatic heterocycles. The molecule has 0 N–H and O–H groups in total. The van der Waals surface area contributed by atoms with Gasteiger partial charge in [0.1, 0.15) is 0 Å². The van der Waals surface area contributed by atoms with Gasteiger partial charge in [0.15, 0.2) is 0 Å². The topological polar surface area (TPSA) is 6.48 Å². The number of nitrogens with zero attached hydrogens (tertiary/aromatic N) is 2. The SMILES string of the molecule is C#Cc1cc(N(CCCC)CCCC)ccc1C#CC#CC#CC#Cc1ccc(N(CCCC)CCCC)cc1C#C. The first kappa shape index (κ1) is 33.6. The molecule has 2 aromatic carbocycles. The van der Waals surface area contributed by atoms with Crippen molar-refractivity contribution in [1.29, 1.82) is 0 Å². The van der Waals surface area contributed by atoms with Gasteiger partial charge in [0.25, 0.3) is 0 Å². The maximum absolute atomic E-state index is 5.81. The molecule has 0 fully saturated rings. The molecule has 0 aliphatic rings. The van der Waals surface area contributed by atoms with Gasteiger partial charge >= 0.3 is 0 Å². The average Bonchev–Trinajstić information content (AvgIpc) is 3.02. The van der Waals surface area contributed by atoms with Crippen molar-refractivity contribution in [1.82, 2.24) is 0 Å². The minimum Gasteiger partial charge on any atom is -0.372 e. The summed E-state index contributed by atoms with van der Waals surface area (Å²) in [6.07, 6.45) is 20.9. The highest BCUT2D eigenvalue weighted by Crippen LogP contribution is 2.21. The maximum atomic E-state index is 5.81. The van der Waals surface area contributed by atoms with Gasteiger partial charge in [-0.3, -0.25) is 0 Å². The van der Waals surface area contributed by atoms with E-state index in [9.17, 15) is 0 Å². The molecule has 42 heavy (non-hydrogen) atoms. The predicted molar refractivity (Wildman–Crippen MR) is 182 cm³/mol. The Kier molecular flexibility index (Phi) is 16.2. The number of anilines is 2. The quantitative estimate of drug-likeness (QED) is 0.220. The molecule has 214 valence electrons. The van der Waals surface area contributed by atoms with Crippen molar-refractivity contribution >= 4 is 11.4 Å². The molecule has 2 heteroatoms. The fourth-order valence-electron chi connectivity index (χ4n) is 4.37. The van der Waals surface area contributed by atoms with E-state index in [1.807, 2.05) is 12.1 Å². The van der Waals surface area contributed by atoms with Gasteiger partial charge in [0.05, 0.1) is 0 Å². The lowest BCUT2D eigenvalue weighted by Gasteiger charge is -2.25. The number of terminal acetylenes is 2. The first-order chi connectivity index (χ1) is 20.6. The summed E-state index contributed by atoms with van der Waals surface area (Å²) in [7, 11) is 0. The summed E-state index contributed by atoms with van der Waals surface area (Å²) in [6, 6.07) is 12.3. The molecular weight excluding hydrogens is 508 g/mol. The summed E-state index contributed by atoms with van der Waals surface area (Å²) in [5.74, 6) is 28.5. The second-order valence-corrected chi connectivity index (χ2v) is 10.1. The molecule has 2 nitrogen and oxygen atoms in total. The molecule has 0 atom stereocenters. The fraction of sp³-hybridized carbons (Fsp3) is 0.400. The minimum atomic E-state index is 0.783. The third kappa shape index (κ3) is 11.5. The van der Waals surface area contributed by atoms with Crippen LogP contribution in [0.15, 0.2) is 36.4 Å². The van der Waals surface area contributed by atoms with Crippen LogP contribution in [0.4, 0.5) is 11.4 Å². The van der Waals surface area contributed by atoms with Crippen LogP contribution in [-0.2, 0) is 0 Å². The molecular formula is C40H44N2. The molecule has 2 rings (SSSR count). The monoisotopic (exact) mass is 552 g/mol. The van der Waals surface area contributed by atoms with E-state index in [1.54, 1.807) is 0 Å². The van der Waals surface area contributed by atoms with Gasteiger partial charge in [-0.2, -0.15) is 0 Å². The highest BCUT2D eigenvalue weighted by Gasteiger charge is 2.09. The normalized spacial score (nSPS) is 9.29. The summed E-state index contributed by atoms with van der Waals surface area (Å²) in [5, 5.41) is 0. The van der Waals surface area contributed by atoms with Crippen molar-refractivity contribution in [2.75, 3.05) is 36.0 Å². The Labute approximate surface area is 256 Å². The second kappa shape index (κ2) is 20.3. The van der Waals surface area contributed by atoms with Crippen molar-refractivity contribution in [2.24, 2.45) is 0 Å². The van der Waals surface area contributed by atoms with Gasteiger partial charge in [0, 0.05) is 59.8 Å². The lowest BCUT2D eigenvalue weighted by atomic mass is 10.1. The highest BCUT2D eigenvalue weighted by atomic mass is 15.1. The highest BCUT2D eigenvalue weighted by molar-refractivity contribution is 5.61. The van der Waals surface area contributed by atoms with E-state index in [0.29, 0.717) is 0 Å². The third-order valence-corrected chi connectivity index (χ3v) is 6.88. The zero-order chi connectivity index (χ0) is 30.4. The van der Waals surface area contributed by atoms with Crippen molar-refractivity contribution < 1.29 is 0 Å². The lowest BCUT2D eigenvalue weighted by molar-refractivity contribution is 0.678. The number of hydrogen-bond acceptors (Lipinski definition) is 2. The van der Waals surface area contributed by atoms with Gasteiger partial charge in [-0.05, 0) is 97.6 Å². The second-order valence-electron chi connectivity index (χ2n) is 10.1. The zero-order valence-electron chi connectivity index (χ0n) is 26.0. The molecule has 0 radical (unpaired) electrons. The number of benzene rings is 2. The van der Waals surface area contributed by atoms with Crippen molar-refractivity contribution in [3.8, 4) is 72.1 Å². The molecule has 0 bridgehead atoms. The molecule has 0 saturated carbocycles.